The van der Waals surface area contributed by atoms with Gasteiger partial charge in [0.1, 0.15) is 6.61 Å². The van der Waals surface area contributed by atoms with E-state index in [-0.39, 0.29) is 37.4 Å². The molecule has 1 aliphatic rings. The molecule has 23 heavy (non-hydrogen) atoms. The minimum atomic E-state index is -0.988. The lowest BCUT2D eigenvalue weighted by Gasteiger charge is -2.24. The monoisotopic (exact) mass is 333 g/mol. The average Bonchev–Trinajstić information content (AvgIpc) is 2.74. The van der Waals surface area contributed by atoms with Crippen LogP contribution in [-0.2, 0) is 23.7 Å². The van der Waals surface area contributed by atoms with Crippen molar-refractivity contribution in [1.29, 1.82) is 0 Å². The van der Waals surface area contributed by atoms with E-state index >= 15 is 0 Å². The Bertz CT molecular complexity index is 397. The molecule has 1 fully saturated rings. The highest BCUT2D eigenvalue weighted by Gasteiger charge is 2.34. The predicted octanol–water partition coefficient (Wildman–Crippen LogP) is 1.52. The summed E-state index contributed by atoms with van der Waals surface area (Å²) in [7, 11) is 0. The Balaban J connectivity index is 2.36. The zero-order valence-corrected chi connectivity index (χ0v) is 14.2. The fraction of sp³-hybridized carbons (Fsp3) is 0.867. The van der Waals surface area contributed by atoms with E-state index in [9.17, 15) is 9.59 Å². The molecule has 2 unspecified atom stereocenters. The van der Waals surface area contributed by atoms with Crippen LogP contribution in [0.4, 0.5) is 4.79 Å². The van der Waals surface area contributed by atoms with Crippen LogP contribution in [0.1, 0.15) is 40.5 Å². The molecular weight excluding hydrogens is 306 g/mol. The number of hydrogen-bond acceptors (Lipinski definition) is 6. The third-order valence-electron chi connectivity index (χ3n) is 3.11. The van der Waals surface area contributed by atoms with Gasteiger partial charge in [-0.3, -0.25) is 4.79 Å². The number of aliphatic carboxylic acids is 1. The van der Waals surface area contributed by atoms with E-state index in [1.54, 1.807) is 0 Å². The molecule has 0 saturated carbocycles. The third-order valence-corrected chi connectivity index (χ3v) is 3.11. The minimum Gasteiger partial charge on any atom is -0.481 e. The molecule has 0 aliphatic carbocycles. The molecule has 0 spiro atoms. The summed E-state index contributed by atoms with van der Waals surface area (Å²) in [5.41, 5.74) is -0.234. The van der Waals surface area contributed by atoms with Crippen LogP contribution in [0.3, 0.4) is 0 Å². The van der Waals surface area contributed by atoms with Gasteiger partial charge in [-0.2, -0.15) is 0 Å². The normalized spacial score (nSPS) is 21.2. The van der Waals surface area contributed by atoms with Gasteiger partial charge in [0.05, 0.1) is 30.8 Å². The maximum atomic E-state index is 11.5. The standard InChI is InChI=1S/C15H27NO7/c1-10(2)22-13(23-11-7-15(3,4)21-8-11)9-20-14(19)16-6-5-12(17)18/h10-11,13H,5-9H2,1-4H3,(H,16,19)(H,17,18). The zero-order valence-electron chi connectivity index (χ0n) is 14.2. The fourth-order valence-electron chi connectivity index (χ4n) is 2.17. The van der Waals surface area contributed by atoms with Crippen LogP contribution in [0, 0.1) is 0 Å². The van der Waals surface area contributed by atoms with Crippen LogP contribution in [0.2, 0.25) is 0 Å². The van der Waals surface area contributed by atoms with Crippen LogP contribution >= 0.6 is 0 Å². The Labute approximate surface area is 136 Å². The smallest absolute Gasteiger partial charge is 0.407 e. The summed E-state index contributed by atoms with van der Waals surface area (Å²) in [5.74, 6) is -0.988. The van der Waals surface area contributed by atoms with Gasteiger partial charge in [0.15, 0.2) is 6.29 Å². The van der Waals surface area contributed by atoms with Crippen molar-refractivity contribution in [2.24, 2.45) is 0 Å². The van der Waals surface area contributed by atoms with Gasteiger partial charge in [0.25, 0.3) is 0 Å². The van der Waals surface area contributed by atoms with Crippen LogP contribution in [0.25, 0.3) is 0 Å². The molecule has 134 valence electrons. The van der Waals surface area contributed by atoms with E-state index in [0.717, 1.165) is 6.42 Å². The van der Waals surface area contributed by atoms with Gasteiger partial charge in [0.2, 0.25) is 0 Å². The second-order valence-corrected chi connectivity index (χ2v) is 6.32. The molecule has 1 aliphatic heterocycles. The Morgan fingerprint density at radius 1 is 1.39 bits per heavy atom. The van der Waals surface area contributed by atoms with Crippen molar-refractivity contribution < 1.29 is 33.6 Å². The lowest BCUT2D eigenvalue weighted by atomic mass is 10.1. The second kappa shape index (κ2) is 9.05. The molecule has 0 aromatic heterocycles. The van der Waals surface area contributed by atoms with E-state index < -0.39 is 18.4 Å². The number of carbonyl (C=O) groups is 2. The summed E-state index contributed by atoms with van der Waals surface area (Å²) >= 11 is 0. The highest BCUT2D eigenvalue weighted by Crippen LogP contribution is 2.27. The van der Waals surface area contributed by atoms with Crippen molar-refractivity contribution in [3.05, 3.63) is 0 Å². The summed E-state index contributed by atoms with van der Waals surface area (Å²) in [4.78, 5) is 21.9. The first kappa shape index (κ1) is 19.7. The molecule has 0 aromatic carbocycles. The molecular formula is C15H27NO7. The molecule has 8 nitrogen and oxygen atoms in total. The van der Waals surface area contributed by atoms with Crippen LogP contribution < -0.4 is 5.32 Å². The molecule has 0 radical (unpaired) electrons. The summed E-state index contributed by atoms with van der Waals surface area (Å²) in [6, 6.07) is 0. The molecule has 0 aromatic rings. The zero-order chi connectivity index (χ0) is 17.5. The fourth-order valence-corrected chi connectivity index (χ4v) is 2.17. The Hall–Kier alpha value is -1.38. The molecule has 2 atom stereocenters. The number of amides is 1. The van der Waals surface area contributed by atoms with Crippen LogP contribution in [0.15, 0.2) is 0 Å². The van der Waals surface area contributed by atoms with Crippen molar-refractivity contribution in [1.82, 2.24) is 5.32 Å². The van der Waals surface area contributed by atoms with Gasteiger partial charge < -0.3 is 29.4 Å². The lowest BCUT2D eigenvalue weighted by Crippen LogP contribution is -2.35. The number of hydrogen-bond donors (Lipinski definition) is 2. The van der Waals surface area contributed by atoms with Gasteiger partial charge in [-0.1, -0.05) is 0 Å². The van der Waals surface area contributed by atoms with Crippen LogP contribution in [0.5, 0.6) is 0 Å². The maximum absolute atomic E-state index is 11.5. The Morgan fingerprint density at radius 3 is 2.61 bits per heavy atom. The van der Waals surface area contributed by atoms with Crippen molar-refractivity contribution in [3.63, 3.8) is 0 Å². The number of carboxylic acid groups (broad SMARTS) is 1. The molecule has 1 heterocycles. The first-order valence-electron chi connectivity index (χ1n) is 7.75. The van der Waals surface area contributed by atoms with Gasteiger partial charge >= 0.3 is 12.1 Å². The minimum absolute atomic E-state index is 0.00931. The highest BCUT2D eigenvalue weighted by atomic mass is 16.7. The summed E-state index contributed by atoms with van der Waals surface area (Å²) < 4.78 is 22.0. The van der Waals surface area contributed by atoms with Gasteiger partial charge in [-0.15, -0.1) is 0 Å². The summed E-state index contributed by atoms with van der Waals surface area (Å²) in [5, 5.41) is 10.9. The number of alkyl carbamates (subject to hydrolysis) is 1. The SMILES string of the molecule is CC(C)OC(COC(=O)NCCC(=O)O)OC1COC(C)(C)C1. The van der Waals surface area contributed by atoms with E-state index in [1.807, 2.05) is 27.7 Å². The number of carbonyl (C=O) groups excluding carboxylic acids is 1. The molecule has 1 amide bonds. The lowest BCUT2D eigenvalue weighted by molar-refractivity contribution is -0.202. The largest absolute Gasteiger partial charge is 0.481 e. The van der Waals surface area contributed by atoms with E-state index in [1.165, 1.54) is 0 Å². The number of carboxylic acids is 1. The van der Waals surface area contributed by atoms with Crippen molar-refractivity contribution >= 4 is 12.1 Å². The van der Waals surface area contributed by atoms with E-state index in [4.69, 9.17) is 24.1 Å². The first-order chi connectivity index (χ1) is 10.7. The molecule has 2 N–H and O–H groups in total. The van der Waals surface area contributed by atoms with Gasteiger partial charge in [0, 0.05) is 13.0 Å². The topological polar surface area (TPSA) is 103 Å². The van der Waals surface area contributed by atoms with E-state index in [0.29, 0.717) is 6.61 Å². The Morgan fingerprint density at radius 2 is 2.09 bits per heavy atom. The molecule has 1 saturated heterocycles. The number of nitrogens with one attached hydrogen (secondary N) is 1. The quantitative estimate of drug-likeness (QED) is 0.617. The molecule has 1 rings (SSSR count). The third kappa shape index (κ3) is 8.73. The summed E-state index contributed by atoms with van der Waals surface area (Å²) in [6.45, 7) is 8.10. The van der Waals surface area contributed by atoms with Gasteiger partial charge in [-0.05, 0) is 27.7 Å². The highest BCUT2D eigenvalue weighted by molar-refractivity contribution is 5.70. The molecule has 0 bridgehead atoms. The summed E-state index contributed by atoms with van der Waals surface area (Å²) in [6.07, 6.45) is -1.03. The van der Waals surface area contributed by atoms with Gasteiger partial charge in [-0.25, -0.2) is 4.79 Å². The van der Waals surface area contributed by atoms with Crippen molar-refractivity contribution in [2.75, 3.05) is 19.8 Å². The first-order valence-corrected chi connectivity index (χ1v) is 7.75. The second-order valence-electron chi connectivity index (χ2n) is 6.32. The average molecular weight is 333 g/mol. The Kier molecular flexibility index (Phi) is 7.74. The van der Waals surface area contributed by atoms with Crippen molar-refractivity contribution in [2.45, 2.75) is 64.6 Å². The predicted molar refractivity (Wildman–Crippen MR) is 81.1 cm³/mol. The number of rotatable bonds is 9. The van der Waals surface area contributed by atoms with Crippen LogP contribution in [-0.4, -0.2) is 61.0 Å². The van der Waals surface area contributed by atoms with E-state index in [2.05, 4.69) is 5.32 Å². The maximum Gasteiger partial charge on any atom is 0.407 e. The number of ether oxygens (including phenoxy) is 4. The molecule has 8 heteroatoms. The van der Waals surface area contributed by atoms with Crippen molar-refractivity contribution in [3.8, 4) is 0 Å².